The van der Waals surface area contributed by atoms with E-state index in [1.807, 2.05) is 0 Å². The summed E-state index contributed by atoms with van der Waals surface area (Å²) in [5, 5.41) is 7.50. The molecule has 0 aliphatic heterocycles. The number of aryl methyl sites for hydroxylation is 1. The number of nitrogens with zero attached hydrogens (tertiary/aromatic N) is 3. The zero-order valence-corrected chi connectivity index (χ0v) is 12.8. The summed E-state index contributed by atoms with van der Waals surface area (Å²) >= 11 is 3.28. The molecule has 0 N–H and O–H groups in total. The van der Waals surface area contributed by atoms with Gasteiger partial charge in [-0.2, -0.15) is 5.10 Å². The smallest absolute Gasteiger partial charge is 0.251 e. The van der Waals surface area contributed by atoms with Gasteiger partial charge in [0, 0.05) is 17.7 Å². The summed E-state index contributed by atoms with van der Waals surface area (Å²) in [5.74, 6) is 0.280. The molecule has 0 atom stereocenters. The Labute approximate surface area is 120 Å². The van der Waals surface area contributed by atoms with E-state index in [0.29, 0.717) is 10.0 Å². The Kier molecular flexibility index (Phi) is 3.86. The standard InChI is InChI=1S/C12H12BrN3O2S/c1-9-5-6-10(13)8-11(9)19(17,18)16(2)12-4-3-7-14-15-12/h3-8H,1-2H3. The van der Waals surface area contributed by atoms with Gasteiger partial charge in [-0.3, -0.25) is 4.31 Å². The molecule has 0 aliphatic rings. The largest absolute Gasteiger partial charge is 0.265 e. The van der Waals surface area contributed by atoms with E-state index in [1.54, 1.807) is 37.3 Å². The quantitative estimate of drug-likeness (QED) is 0.859. The van der Waals surface area contributed by atoms with Crippen molar-refractivity contribution in [1.82, 2.24) is 10.2 Å². The lowest BCUT2D eigenvalue weighted by atomic mass is 10.2. The van der Waals surface area contributed by atoms with Crippen LogP contribution in [0.3, 0.4) is 0 Å². The van der Waals surface area contributed by atoms with Crippen LogP contribution in [0.25, 0.3) is 0 Å². The van der Waals surface area contributed by atoms with Crippen molar-refractivity contribution in [3.8, 4) is 0 Å². The van der Waals surface area contributed by atoms with Gasteiger partial charge in [-0.25, -0.2) is 8.42 Å². The van der Waals surface area contributed by atoms with Crippen molar-refractivity contribution in [1.29, 1.82) is 0 Å². The molecule has 2 aromatic rings. The SMILES string of the molecule is Cc1ccc(Br)cc1S(=O)(=O)N(C)c1cccnn1. The average Bonchev–Trinajstić information content (AvgIpc) is 2.41. The summed E-state index contributed by atoms with van der Waals surface area (Å²) in [5.41, 5.74) is 0.680. The molecule has 0 amide bonds. The topological polar surface area (TPSA) is 63.2 Å². The number of hydrogen-bond donors (Lipinski definition) is 0. The van der Waals surface area contributed by atoms with E-state index in [0.717, 1.165) is 4.31 Å². The first kappa shape index (κ1) is 14.0. The first-order chi connectivity index (χ1) is 8.93. The molecule has 0 bridgehead atoms. The summed E-state index contributed by atoms with van der Waals surface area (Å²) in [6.07, 6.45) is 1.49. The summed E-state index contributed by atoms with van der Waals surface area (Å²) in [4.78, 5) is 0.245. The Morgan fingerprint density at radius 1 is 1.26 bits per heavy atom. The minimum Gasteiger partial charge on any atom is -0.251 e. The lowest BCUT2D eigenvalue weighted by molar-refractivity contribution is 0.593. The van der Waals surface area contributed by atoms with Crippen LogP contribution in [0.1, 0.15) is 5.56 Å². The van der Waals surface area contributed by atoms with E-state index in [9.17, 15) is 8.42 Å². The van der Waals surface area contributed by atoms with Crippen LogP contribution in [0, 0.1) is 6.92 Å². The molecule has 5 nitrogen and oxygen atoms in total. The minimum absolute atomic E-state index is 0.245. The zero-order valence-electron chi connectivity index (χ0n) is 10.4. The third-order valence-electron chi connectivity index (χ3n) is 2.67. The van der Waals surface area contributed by atoms with Gasteiger partial charge in [-0.1, -0.05) is 22.0 Å². The molecule has 0 saturated heterocycles. The molecule has 0 unspecified atom stereocenters. The first-order valence-corrected chi connectivity index (χ1v) is 7.69. The second-order valence-corrected chi connectivity index (χ2v) is 6.82. The third-order valence-corrected chi connectivity index (χ3v) is 5.07. The molecule has 1 aromatic carbocycles. The Bertz CT molecular complexity index is 689. The highest BCUT2D eigenvalue weighted by atomic mass is 79.9. The normalized spacial score (nSPS) is 11.3. The van der Waals surface area contributed by atoms with Gasteiger partial charge in [0.15, 0.2) is 5.82 Å². The van der Waals surface area contributed by atoms with Gasteiger partial charge in [0.1, 0.15) is 0 Å². The lowest BCUT2D eigenvalue weighted by Crippen LogP contribution is -2.28. The van der Waals surface area contributed by atoms with Crippen molar-refractivity contribution in [2.75, 3.05) is 11.4 Å². The van der Waals surface area contributed by atoms with Crippen molar-refractivity contribution in [3.63, 3.8) is 0 Å². The Balaban J connectivity index is 2.51. The molecule has 7 heteroatoms. The fourth-order valence-electron chi connectivity index (χ4n) is 1.58. The molecule has 1 aromatic heterocycles. The van der Waals surface area contributed by atoms with Crippen LogP contribution in [-0.2, 0) is 10.0 Å². The summed E-state index contributed by atoms with van der Waals surface area (Å²) in [6, 6.07) is 8.37. The van der Waals surface area contributed by atoms with Crippen LogP contribution < -0.4 is 4.31 Å². The molecule has 0 radical (unpaired) electrons. The molecular weight excluding hydrogens is 330 g/mol. The van der Waals surface area contributed by atoms with E-state index >= 15 is 0 Å². The maximum Gasteiger partial charge on any atom is 0.265 e. The highest BCUT2D eigenvalue weighted by Gasteiger charge is 2.24. The molecule has 100 valence electrons. The van der Waals surface area contributed by atoms with Crippen molar-refractivity contribution >= 4 is 31.8 Å². The van der Waals surface area contributed by atoms with Crippen LogP contribution in [0.4, 0.5) is 5.82 Å². The van der Waals surface area contributed by atoms with Gasteiger partial charge in [0.2, 0.25) is 0 Å². The van der Waals surface area contributed by atoms with E-state index in [2.05, 4.69) is 26.1 Å². The number of halogens is 1. The van der Waals surface area contributed by atoms with Gasteiger partial charge in [0.25, 0.3) is 10.0 Å². The Morgan fingerprint density at radius 3 is 2.63 bits per heavy atom. The average molecular weight is 342 g/mol. The van der Waals surface area contributed by atoms with Crippen molar-refractivity contribution in [2.24, 2.45) is 0 Å². The number of anilines is 1. The van der Waals surface area contributed by atoms with Gasteiger partial charge in [-0.05, 0) is 36.8 Å². The molecule has 0 aliphatic carbocycles. The Hall–Kier alpha value is -1.47. The highest BCUT2D eigenvalue weighted by molar-refractivity contribution is 9.10. The predicted molar refractivity (Wildman–Crippen MR) is 76.5 cm³/mol. The van der Waals surface area contributed by atoms with Crippen LogP contribution >= 0.6 is 15.9 Å². The molecule has 19 heavy (non-hydrogen) atoms. The van der Waals surface area contributed by atoms with Gasteiger partial charge in [-0.15, -0.1) is 5.10 Å². The lowest BCUT2D eigenvalue weighted by Gasteiger charge is -2.19. The van der Waals surface area contributed by atoms with E-state index in [-0.39, 0.29) is 10.7 Å². The first-order valence-electron chi connectivity index (χ1n) is 5.46. The van der Waals surface area contributed by atoms with Crippen LogP contribution in [0.2, 0.25) is 0 Å². The van der Waals surface area contributed by atoms with Crippen molar-refractivity contribution in [3.05, 3.63) is 46.6 Å². The van der Waals surface area contributed by atoms with Gasteiger partial charge >= 0.3 is 0 Å². The summed E-state index contributed by atoms with van der Waals surface area (Å²) < 4.78 is 26.9. The summed E-state index contributed by atoms with van der Waals surface area (Å²) in [7, 11) is -2.19. The maximum absolute atomic E-state index is 12.5. The van der Waals surface area contributed by atoms with E-state index < -0.39 is 10.0 Å². The second-order valence-electron chi connectivity index (χ2n) is 3.96. The number of benzene rings is 1. The summed E-state index contributed by atoms with van der Waals surface area (Å²) in [6.45, 7) is 1.75. The number of sulfonamides is 1. The highest BCUT2D eigenvalue weighted by Crippen LogP contribution is 2.25. The van der Waals surface area contributed by atoms with Crippen LogP contribution in [0.15, 0.2) is 45.9 Å². The number of aromatic nitrogens is 2. The molecule has 2 rings (SSSR count). The van der Waals surface area contributed by atoms with Crippen molar-refractivity contribution in [2.45, 2.75) is 11.8 Å². The van der Waals surface area contributed by atoms with Crippen LogP contribution in [-0.4, -0.2) is 25.7 Å². The zero-order chi connectivity index (χ0) is 14.0. The monoisotopic (exact) mass is 341 g/mol. The second kappa shape index (κ2) is 5.26. The molecule has 0 spiro atoms. The number of hydrogen-bond acceptors (Lipinski definition) is 4. The molecular formula is C12H12BrN3O2S. The maximum atomic E-state index is 12.5. The van der Waals surface area contributed by atoms with E-state index in [1.165, 1.54) is 13.2 Å². The number of rotatable bonds is 3. The molecule has 0 fully saturated rings. The fourth-order valence-corrected chi connectivity index (χ4v) is 3.49. The molecule has 0 saturated carbocycles. The van der Waals surface area contributed by atoms with E-state index in [4.69, 9.17) is 0 Å². The molecule has 1 heterocycles. The fraction of sp³-hybridized carbons (Fsp3) is 0.167. The van der Waals surface area contributed by atoms with Gasteiger partial charge < -0.3 is 0 Å². The van der Waals surface area contributed by atoms with Crippen LogP contribution in [0.5, 0.6) is 0 Å². The van der Waals surface area contributed by atoms with Gasteiger partial charge in [0.05, 0.1) is 4.90 Å². The third kappa shape index (κ3) is 2.76. The van der Waals surface area contributed by atoms with Crippen molar-refractivity contribution < 1.29 is 8.42 Å². The Morgan fingerprint density at radius 2 is 2.00 bits per heavy atom. The predicted octanol–water partition coefficient (Wildman–Crippen LogP) is 2.37. The minimum atomic E-state index is -3.64.